The summed E-state index contributed by atoms with van der Waals surface area (Å²) in [7, 11) is 0. The topological polar surface area (TPSA) is 41.6 Å². The Labute approximate surface area is 129 Å². The van der Waals surface area contributed by atoms with Crippen LogP contribution in [0.1, 0.15) is 11.6 Å². The summed E-state index contributed by atoms with van der Waals surface area (Å²) >= 11 is 3.37. The van der Waals surface area contributed by atoms with E-state index in [1.807, 2.05) is 4.90 Å². The van der Waals surface area contributed by atoms with Gasteiger partial charge in [-0.25, -0.2) is 8.78 Å². The van der Waals surface area contributed by atoms with Gasteiger partial charge in [-0.1, -0.05) is 22.0 Å². The van der Waals surface area contributed by atoms with Crippen molar-refractivity contribution in [2.45, 2.75) is 6.04 Å². The number of nitrogens with two attached hydrogens (primary N) is 1. The van der Waals surface area contributed by atoms with Gasteiger partial charge in [-0.05, 0) is 42.0 Å². The number of halogens is 3. The Hall–Kier alpha value is -1.95. The van der Waals surface area contributed by atoms with Gasteiger partial charge in [-0.15, -0.1) is 0 Å². The Bertz CT molecular complexity index is 701. The van der Waals surface area contributed by atoms with Crippen LogP contribution in [0, 0.1) is 11.6 Å². The number of rotatable bonds is 2. The Kier molecular flexibility index (Phi) is 3.63. The molecule has 2 aromatic rings. The van der Waals surface area contributed by atoms with Crippen molar-refractivity contribution in [3.63, 3.8) is 0 Å². The molecule has 1 heterocycles. The molecule has 0 amide bonds. The van der Waals surface area contributed by atoms with Gasteiger partial charge in [0.1, 0.15) is 11.6 Å². The minimum atomic E-state index is -0.314. The maximum Gasteiger partial charge on any atom is 0.196 e. The number of hydrogen-bond donors (Lipinski definition) is 1. The summed E-state index contributed by atoms with van der Waals surface area (Å²) in [5, 5.41) is 0. The first kappa shape index (κ1) is 14.0. The summed E-state index contributed by atoms with van der Waals surface area (Å²) in [5.74, 6) is -0.262. The molecular weight excluding hydrogens is 340 g/mol. The second-order valence-corrected chi connectivity index (χ2v) is 5.58. The molecule has 3 rings (SSSR count). The van der Waals surface area contributed by atoms with E-state index in [1.54, 1.807) is 18.2 Å². The van der Waals surface area contributed by atoms with E-state index < -0.39 is 0 Å². The minimum Gasteiger partial charge on any atom is -0.369 e. The van der Waals surface area contributed by atoms with Gasteiger partial charge < -0.3 is 10.6 Å². The van der Waals surface area contributed by atoms with Crippen molar-refractivity contribution in [1.29, 1.82) is 0 Å². The van der Waals surface area contributed by atoms with E-state index in [1.165, 1.54) is 24.3 Å². The summed E-state index contributed by atoms with van der Waals surface area (Å²) in [4.78, 5) is 6.07. The van der Waals surface area contributed by atoms with Gasteiger partial charge in [0.25, 0.3) is 0 Å². The van der Waals surface area contributed by atoms with Crippen LogP contribution in [0.2, 0.25) is 0 Å². The van der Waals surface area contributed by atoms with Crippen LogP contribution in [-0.2, 0) is 0 Å². The van der Waals surface area contributed by atoms with E-state index in [0.29, 0.717) is 17.0 Å². The lowest BCUT2D eigenvalue weighted by Crippen LogP contribution is -2.36. The third-order valence-corrected chi connectivity index (χ3v) is 4.10. The maximum atomic E-state index is 13.2. The SMILES string of the molecule is NC1=NCC(c2ccc(F)cc2Br)N1c1ccc(F)cc1. The zero-order chi connectivity index (χ0) is 15.0. The third-order valence-electron chi connectivity index (χ3n) is 3.41. The molecule has 1 aliphatic rings. The van der Waals surface area contributed by atoms with Crippen molar-refractivity contribution >= 4 is 27.6 Å². The summed E-state index contributed by atoms with van der Waals surface area (Å²) in [6.45, 7) is 0.466. The van der Waals surface area contributed by atoms with Crippen molar-refractivity contribution in [3.8, 4) is 0 Å². The maximum absolute atomic E-state index is 13.2. The number of nitrogens with zero attached hydrogens (tertiary/aromatic N) is 2. The Morgan fingerprint density at radius 1 is 1.10 bits per heavy atom. The molecule has 6 heteroatoms. The van der Waals surface area contributed by atoms with Gasteiger partial charge in [0.15, 0.2) is 5.96 Å². The smallest absolute Gasteiger partial charge is 0.196 e. The van der Waals surface area contributed by atoms with E-state index in [2.05, 4.69) is 20.9 Å². The predicted octanol–water partition coefficient (Wildman–Crippen LogP) is 3.60. The van der Waals surface area contributed by atoms with E-state index >= 15 is 0 Å². The van der Waals surface area contributed by atoms with Gasteiger partial charge in [-0.2, -0.15) is 0 Å². The van der Waals surface area contributed by atoms with Crippen molar-refractivity contribution in [1.82, 2.24) is 0 Å². The number of hydrogen-bond acceptors (Lipinski definition) is 3. The molecular formula is C15H12BrF2N3. The van der Waals surface area contributed by atoms with Crippen LogP contribution in [0.25, 0.3) is 0 Å². The monoisotopic (exact) mass is 351 g/mol. The highest BCUT2D eigenvalue weighted by molar-refractivity contribution is 9.10. The van der Waals surface area contributed by atoms with Crippen LogP contribution < -0.4 is 10.6 Å². The molecule has 0 radical (unpaired) electrons. The quantitative estimate of drug-likeness (QED) is 0.897. The standard InChI is InChI=1S/C15H12BrF2N3/c16-13-7-10(18)3-6-12(13)14-8-20-15(19)21(14)11-4-1-9(17)2-5-11/h1-7,14H,8H2,(H2,19,20). The average Bonchev–Trinajstić information content (AvgIpc) is 2.82. The minimum absolute atomic E-state index is 0.148. The molecule has 21 heavy (non-hydrogen) atoms. The molecule has 3 nitrogen and oxygen atoms in total. The molecule has 0 saturated heterocycles. The average molecular weight is 352 g/mol. The molecule has 0 aromatic heterocycles. The summed E-state index contributed by atoms with van der Waals surface area (Å²) in [5.41, 5.74) is 7.58. The summed E-state index contributed by atoms with van der Waals surface area (Å²) in [6, 6.07) is 10.4. The number of aliphatic imine (C=N–C) groups is 1. The third kappa shape index (κ3) is 2.63. The number of guanidine groups is 1. The molecule has 1 unspecified atom stereocenters. The van der Waals surface area contributed by atoms with Crippen molar-refractivity contribution < 1.29 is 8.78 Å². The molecule has 0 fully saturated rings. The van der Waals surface area contributed by atoms with Gasteiger partial charge in [0.05, 0.1) is 12.6 Å². The Morgan fingerprint density at radius 3 is 2.43 bits per heavy atom. The fraction of sp³-hybridized carbons (Fsp3) is 0.133. The second kappa shape index (κ2) is 5.44. The van der Waals surface area contributed by atoms with Crippen LogP contribution >= 0.6 is 15.9 Å². The van der Waals surface area contributed by atoms with E-state index in [0.717, 1.165) is 11.3 Å². The second-order valence-electron chi connectivity index (χ2n) is 4.73. The van der Waals surface area contributed by atoms with Crippen LogP contribution in [0.15, 0.2) is 51.9 Å². The highest BCUT2D eigenvalue weighted by Crippen LogP contribution is 2.35. The fourth-order valence-electron chi connectivity index (χ4n) is 2.42. The van der Waals surface area contributed by atoms with Crippen molar-refractivity contribution in [2.75, 3.05) is 11.4 Å². The Morgan fingerprint density at radius 2 is 1.76 bits per heavy atom. The normalized spacial score (nSPS) is 18.0. The van der Waals surface area contributed by atoms with Crippen molar-refractivity contribution in [3.05, 3.63) is 64.1 Å². The van der Waals surface area contributed by atoms with E-state index in [9.17, 15) is 8.78 Å². The fourth-order valence-corrected chi connectivity index (χ4v) is 3.04. The summed E-state index contributed by atoms with van der Waals surface area (Å²) in [6.07, 6.45) is 0. The number of benzene rings is 2. The largest absolute Gasteiger partial charge is 0.369 e. The van der Waals surface area contributed by atoms with Gasteiger partial charge in [0.2, 0.25) is 0 Å². The van der Waals surface area contributed by atoms with Gasteiger partial charge in [-0.3, -0.25) is 4.99 Å². The molecule has 0 bridgehead atoms. The van der Waals surface area contributed by atoms with E-state index in [4.69, 9.17) is 5.73 Å². The van der Waals surface area contributed by atoms with Crippen molar-refractivity contribution in [2.24, 2.45) is 10.7 Å². The molecule has 108 valence electrons. The molecule has 0 aliphatic carbocycles. The molecule has 1 atom stereocenters. The molecule has 0 saturated carbocycles. The lowest BCUT2D eigenvalue weighted by Gasteiger charge is -2.27. The lowest BCUT2D eigenvalue weighted by atomic mass is 10.1. The van der Waals surface area contributed by atoms with Crippen LogP contribution in [-0.4, -0.2) is 12.5 Å². The Balaban J connectivity index is 2.00. The van der Waals surface area contributed by atoms with Crippen LogP contribution in [0.4, 0.5) is 14.5 Å². The van der Waals surface area contributed by atoms with Crippen LogP contribution in [0.3, 0.4) is 0 Å². The molecule has 2 aromatic carbocycles. The highest BCUT2D eigenvalue weighted by atomic mass is 79.9. The zero-order valence-electron chi connectivity index (χ0n) is 10.9. The van der Waals surface area contributed by atoms with Gasteiger partial charge in [0, 0.05) is 10.2 Å². The lowest BCUT2D eigenvalue weighted by molar-refractivity contribution is 0.623. The first-order valence-corrected chi connectivity index (χ1v) is 7.15. The molecule has 0 spiro atoms. The highest BCUT2D eigenvalue weighted by Gasteiger charge is 2.30. The van der Waals surface area contributed by atoms with Gasteiger partial charge >= 0.3 is 0 Å². The first-order chi connectivity index (χ1) is 10.1. The first-order valence-electron chi connectivity index (χ1n) is 6.36. The predicted molar refractivity (Wildman–Crippen MR) is 82.2 cm³/mol. The molecule has 1 aliphatic heterocycles. The molecule has 2 N–H and O–H groups in total. The van der Waals surface area contributed by atoms with E-state index in [-0.39, 0.29) is 17.7 Å². The number of anilines is 1. The van der Waals surface area contributed by atoms with Crippen LogP contribution in [0.5, 0.6) is 0 Å². The zero-order valence-corrected chi connectivity index (χ0v) is 12.5. The summed E-state index contributed by atoms with van der Waals surface area (Å²) < 4.78 is 27.0.